The van der Waals surface area contributed by atoms with Gasteiger partial charge in [0, 0.05) is 0 Å². The lowest BCUT2D eigenvalue weighted by Gasteiger charge is -1.86. The third-order valence-corrected chi connectivity index (χ3v) is 1.22. The van der Waals surface area contributed by atoms with Crippen LogP contribution in [0.15, 0.2) is 0 Å². The molecule has 0 saturated carbocycles. The summed E-state index contributed by atoms with van der Waals surface area (Å²) in [5, 5.41) is 8.26. The van der Waals surface area contributed by atoms with E-state index in [1.165, 1.54) is 0 Å². The van der Waals surface area contributed by atoms with Crippen molar-refractivity contribution in [3.05, 3.63) is 0 Å². The van der Waals surface area contributed by atoms with Gasteiger partial charge in [-0.15, -0.1) is 0 Å². The van der Waals surface area contributed by atoms with Gasteiger partial charge in [-0.1, -0.05) is 0 Å². The number of rotatable bonds is 1. The van der Waals surface area contributed by atoms with Crippen LogP contribution in [0, 0.1) is 0 Å². The monoisotopic (exact) mass is 116 g/mol. The Morgan fingerprint density at radius 3 is 2.12 bits per heavy atom. The zero-order valence-electron chi connectivity index (χ0n) is 4.84. The van der Waals surface area contributed by atoms with Crippen LogP contribution in [0.25, 0.3) is 0 Å². The Morgan fingerprint density at radius 2 is 2.12 bits per heavy atom. The minimum Gasteiger partial charge on any atom is -0.479 e. The van der Waals surface area contributed by atoms with Gasteiger partial charge in [-0.2, -0.15) is 0 Å². The largest absolute Gasteiger partial charge is 0.479 e. The van der Waals surface area contributed by atoms with E-state index in [0.29, 0.717) is 0 Å². The number of ether oxygens (including phenoxy) is 1. The highest BCUT2D eigenvalue weighted by molar-refractivity contribution is 5.76. The first-order valence-electron chi connectivity index (χ1n) is 2.44. The Balaban J connectivity index is 2.48. The first kappa shape index (κ1) is 5.56. The molecule has 0 amide bonds. The topological polar surface area (TPSA) is 49.8 Å². The van der Waals surface area contributed by atoms with Gasteiger partial charge in [-0.3, -0.25) is 0 Å². The highest BCUT2D eigenvalue weighted by Gasteiger charge is 2.53. The summed E-state index contributed by atoms with van der Waals surface area (Å²) in [5.74, 6) is -0.866. The normalized spacial score (nSPS) is 32.0. The lowest BCUT2D eigenvalue weighted by molar-refractivity contribution is -0.138. The molecule has 46 valence electrons. The summed E-state index contributed by atoms with van der Waals surface area (Å²) < 4.78 is 4.77. The average Bonchev–Trinajstić information content (AvgIpc) is 2.13. The molecule has 0 aromatic rings. The van der Waals surface area contributed by atoms with Crippen LogP contribution in [-0.2, 0) is 9.53 Å². The van der Waals surface area contributed by atoms with Gasteiger partial charge in [-0.05, 0) is 13.8 Å². The summed E-state index contributed by atoms with van der Waals surface area (Å²) in [4.78, 5) is 10.1. The number of carboxylic acids is 1. The smallest absolute Gasteiger partial charge is 0.335 e. The van der Waals surface area contributed by atoms with Crippen molar-refractivity contribution in [3.63, 3.8) is 0 Å². The van der Waals surface area contributed by atoms with E-state index in [-0.39, 0.29) is 0 Å². The van der Waals surface area contributed by atoms with Crippen LogP contribution in [0.4, 0.5) is 0 Å². The number of hydrogen-bond acceptors (Lipinski definition) is 2. The first-order valence-corrected chi connectivity index (χ1v) is 2.44. The number of carboxylic acid groups (broad SMARTS) is 1. The summed E-state index contributed by atoms with van der Waals surface area (Å²) in [6.07, 6.45) is -0.567. The third-order valence-electron chi connectivity index (χ3n) is 1.22. The maximum atomic E-state index is 10.1. The molecule has 1 heterocycles. The van der Waals surface area contributed by atoms with Crippen LogP contribution < -0.4 is 0 Å². The molecule has 1 atom stereocenters. The van der Waals surface area contributed by atoms with E-state index in [1.54, 1.807) is 13.8 Å². The summed E-state index contributed by atoms with van der Waals surface area (Å²) in [5.41, 5.74) is -0.411. The molecular formula is C5H8O3. The minimum atomic E-state index is -0.866. The summed E-state index contributed by atoms with van der Waals surface area (Å²) in [7, 11) is 0. The van der Waals surface area contributed by atoms with Crippen LogP contribution in [-0.4, -0.2) is 22.8 Å². The molecule has 1 saturated heterocycles. The Bertz CT molecular complexity index is 128. The van der Waals surface area contributed by atoms with Gasteiger partial charge in [-0.25, -0.2) is 4.79 Å². The molecule has 0 radical (unpaired) electrons. The predicted molar refractivity (Wildman–Crippen MR) is 26.6 cm³/mol. The third kappa shape index (κ3) is 0.690. The average molecular weight is 116 g/mol. The molecule has 1 N–H and O–H groups in total. The molecule has 0 aromatic heterocycles. The molecule has 0 spiro atoms. The Morgan fingerprint density at radius 1 is 1.75 bits per heavy atom. The van der Waals surface area contributed by atoms with Gasteiger partial charge in [0.15, 0.2) is 6.10 Å². The lowest BCUT2D eigenvalue weighted by Crippen LogP contribution is -2.12. The first-order chi connectivity index (χ1) is 3.54. The van der Waals surface area contributed by atoms with Gasteiger partial charge < -0.3 is 9.84 Å². The molecule has 0 aliphatic carbocycles. The SMILES string of the molecule is CC1(C)O[C@@H]1C(=O)O. The number of aliphatic carboxylic acids is 1. The maximum Gasteiger partial charge on any atom is 0.335 e. The number of epoxide rings is 1. The molecule has 0 bridgehead atoms. The van der Waals surface area contributed by atoms with Gasteiger partial charge >= 0.3 is 5.97 Å². The quantitative estimate of drug-likeness (QED) is 0.499. The van der Waals surface area contributed by atoms with Crippen LogP contribution >= 0.6 is 0 Å². The summed E-state index contributed by atoms with van der Waals surface area (Å²) in [6, 6.07) is 0. The Hall–Kier alpha value is -0.570. The van der Waals surface area contributed by atoms with Crippen molar-refractivity contribution in [2.45, 2.75) is 25.6 Å². The molecule has 1 aliphatic heterocycles. The molecule has 1 fully saturated rings. The van der Waals surface area contributed by atoms with Gasteiger partial charge in [0.1, 0.15) is 5.60 Å². The fourth-order valence-electron chi connectivity index (χ4n) is 0.617. The van der Waals surface area contributed by atoms with Crippen molar-refractivity contribution in [3.8, 4) is 0 Å². The molecule has 3 heteroatoms. The zero-order valence-corrected chi connectivity index (χ0v) is 4.84. The highest BCUT2D eigenvalue weighted by atomic mass is 16.6. The van der Waals surface area contributed by atoms with E-state index in [9.17, 15) is 4.79 Å². The predicted octanol–water partition coefficient (Wildman–Crippen LogP) is 0.248. The minimum absolute atomic E-state index is 0.411. The van der Waals surface area contributed by atoms with Crippen LogP contribution in [0.3, 0.4) is 0 Å². The van der Waals surface area contributed by atoms with E-state index in [2.05, 4.69) is 0 Å². The van der Waals surface area contributed by atoms with E-state index >= 15 is 0 Å². The van der Waals surface area contributed by atoms with E-state index in [0.717, 1.165) is 0 Å². The van der Waals surface area contributed by atoms with Gasteiger partial charge in [0.2, 0.25) is 0 Å². The van der Waals surface area contributed by atoms with Crippen molar-refractivity contribution in [2.24, 2.45) is 0 Å². The molecule has 8 heavy (non-hydrogen) atoms. The summed E-state index contributed by atoms with van der Waals surface area (Å²) >= 11 is 0. The maximum absolute atomic E-state index is 10.1. The molecule has 1 rings (SSSR count). The Kier molecular flexibility index (Phi) is 0.854. The van der Waals surface area contributed by atoms with Crippen LogP contribution in [0.1, 0.15) is 13.8 Å². The fourth-order valence-corrected chi connectivity index (χ4v) is 0.617. The second-order valence-corrected chi connectivity index (χ2v) is 2.44. The van der Waals surface area contributed by atoms with E-state index in [4.69, 9.17) is 9.84 Å². The molecule has 1 aliphatic rings. The van der Waals surface area contributed by atoms with Crippen molar-refractivity contribution in [1.82, 2.24) is 0 Å². The van der Waals surface area contributed by atoms with E-state index < -0.39 is 17.7 Å². The fraction of sp³-hybridized carbons (Fsp3) is 0.800. The van der Waals surface area contributed by atoms with Crippen LogP contribution in [0.2, 0.25) is 0 Å². The molecule has 0 aromatic carbocycles. The van der Waals surface area contributed by atoms with Crippen LogP contribution in [0.5, 0.6) is 0 Å². The molecular weight excluding hydrogens is 108 g/mol. The number of hydrogen-bond donors (Lipinski definition) is 1. The standard InChI is InChI=1S/C5H8O3/c1-5(2)3(8-5)4(6)7/h3H,1-2H3,(H,6,7)/t3-/m1/s1. The van der Waals surface area contributed by atoms with Crippen molar-refractivity contribution in [1.29, 1.82) is 0 Å². The van der Waals surface area contributed by atoms with Crippen molar-refractivity contribution >= 4 is 5.97 Å². The second kappa shape index (κ2) is 1.23. The van der Waals surface area contributed by atoms with E-state index in [1.807, 2.05) is 0 Å². The molecule has 0 unspecified atom stereocenters. The highest BCUT2D eigenvalue weighted by Crippen LogP contribution is 2.34. The lowest BCUT2D eigenvalue weighted by atomic mass is 10.1. The molecule has 3 nitrogen and oxygen atoms in total. The van der Waals surface area contributed by atoms with Gasteiger partial charge in [0.25, 0.3) is 0 Å². The van der Waals surface area contributed by atoms with Gasteiger partial charge in [0.05, 0.1) is 0 Å². The number of carbonyl (C=O) groups is 1. The summed E-state index contributed by atoms with van der Waals surface area (Å²) in [6.45, 7) is 3.51. The second-order valence-electron chi connectivity index (χ2n) is 2.44. The Labute approximate surface area is 47.3 Å². The van der Waals surface area contributed by atoms with Crippen molar-refractivity contribution in [2.75, 3.05) is 0 Å². The van der Waals surface area contributed by atoms with Crippen molar-refractivity contribution < 1.29 is 14.6 Å². The zero-order chi connectivity index (χ0) is 6.36.